The molecule has 0 saturated heterocycles. The molecule has 1 N–H and O–H groups in total. The number of H-pyrrole nitrogens is 1. The van der Waals surface area contributed by atoms with E-state index in [9.17, 15) is 4.79 Å². The molecule has 1 saturated carbocycles. The van der Waals surface area contributed by atoms with Gasteiger partial charge in [-0.3, -0.25) is 4.79 Å². The van der Waals surface area contributed by atoms with Gasteiger partial charge < -0.3 is 9.72 Å². The molecule has 0 amide bonds. The molecule has 0 atom stereocenters. The molecule has 1 heterocycles. The summed E-state index contributed by atoms with van der Waals surface area (Å²) in [6.07, 6.45) is 6.70. The first kappa shape index (κ1) is 21.8. The predicted octanol–water partition coefficient (Wildman–Crippen LogP) is 7.88. The third kappa shape index (κ3) is 4.18. The molecule has 0 radical (unpaired) electrons. The number of nitrogens with one attached hydrogen (secondary N) is 1. The van der Waals surface area contributed by atoms with Crippen LogP contribution in [0.3, 0.4) is 0 Å². The van der Waals surface area contributed by atoms with Crippen molar-refractivity contribution in [2.75, 3.05) is 7.11 Å². The quantitative estimate of drug-likeness (QED) is 0.338. The standard InChI is InChI=1S/C29H28ClNO2/c1-18-28(29(32)24-16-25(30)27(33-2)17-26(24)31-18)23-14-12-22(13-15-23)21-10-8-20(9-11-21)19-6-4-3-5-7-19/h8-17,19H,3-7H2,1-2H3,(H,31,32). The van der Waals surface area contributed by atoms with Gasteiger partial charge in [0.1, 0.15) is 5.75 Å². The number of aryl methyl sites for hydroxylation is 1. The van der Waals surface area contributed by atoms with Gasteiger partial charge >= 0.3 is 0 Å². The Kier molecular flexibility index (Phi) is 5.99. The molecular formula is C29H28ClNO2. The van der Waals surface area contributed by atoms with Gasteiger partial charge in [-0.15, -0.1) is 0 Å². The largest absolute Gasteiger partial charge is 0.495 e. The van der Waals surface area contributed by atoms with E-state index in [1.165, 1.54) is 43.2 Å². The maximum absolute atomic E-state index is 13.3. The summed E-state index contributed by atoms with van der Waals surface area (Å²) < 4.78 is 5.29. The van der Waals surface area contributed by atoms with E-state index in [0.717, 1.165) is 22.3 Å². The van der Waals surface area contributed by atoms with Gasteiger partial charge in [0.2, 0.25) is 0 Å². The van der Waals surface area contributed by atoms with Crippen LogP contribution >= 0.6 is 11.6 Å². The maximum atomic E-state index is 13.3. The lowest BCUT2D eigenvalue weighted by molar-refractivity contribution is 0.415. The number of hydrogen-bond donors (Lipinski definition) is 1. The van der Waals surface area contributed by atoms with Gasteiger partial charge in [0.15, 0.2) is 5.43 Å². The molecule has 0 unspecified atom stereocenters. The first-order valence-electron chi connectivity index (χ1n) is 11.7. The summed E-state index contributed by atoms with van der Waals surface area (Å²) in [6.45, 7) is 1.93. The van der Waals surface area contributed by atoms with Crippen LogP contribution in [0.4, 0.5) is 0 Å². The summed E-state index contributed by atoms with van der Waals surface area (Å²) in [5.41, 5.74) is 6.88. The Bertz CT molecular complexity index is 1350. The number of benzene rings is 3. The van der Waals surface area contributed by atoms with Crippen molar-refractivity contribution in [3.63, 3.8) is 0 Å². The number of ether oxygens (including phenoxy) is 1. The molecule has 3 aromatic carbocycles. The molecule has 33 heavy (non-hydrogen) atoms. The average molecular weight is 458 g/mol. The third-order valence-corrected chi connectivity index (χ3v) is 7.25. The van der Waals surface area contributed by atoms with E-state index >= 15 is 0 Å². The van der Waals surface area contributed by atoms with Crippen LogP contribution in [-0.2, 0) is 0 Å². The lowest BCUT2D eigenvalue weighted by Gasteiger charge is -2.22. The van der Waals surface area contributed by atoms with Crippen molar-refractivity contribution < 1.29 is 4.74 Å². The van der Waals surface area contributed by atoms with Crippen LogP contribution in [0.5, 0.6) is 5.75 Å². The Hall–Kier alpha value is -3.04. The number of rotatable bonds is 4. The highest BCUT2D eigenvalue weighted by Crippen LogP contribution is 2.34. The van der Waals surface area contributed by atoms with E-state index < -0.39 is 0 Å². The zero-order valence-corrected chi connectivity index (χ0v) is 19.8. The Morgan fingerprint density at radius 1 is 0.879 bits per heavy atom. The Labute approximate surface area is 199 Å². The van der Waals surface area contributed by atoms with Gasteiger partial charge in [-0.1, -0.05) is 79.4 Å². The summed E-state index contributed by atoms with van der Waals surface area (Å²) in [5.74, 6) is 1.26. The Morgan fingerprint density at radius 3 is 2.12 bits per heavy atom. The van der Waals surface area contributed by atoms with Crippen molar-refractivity contribution in [3.8, 4) is 28.0 Å². The monoisotopic (exact) mass is 457 g/mol. The van der Waals surface area contributed by atoms with E-state index in [1.54, 1.807) is 19.2 Å². The van der Waals surface area contributed by atoms with Crippen molar-refractivity contribution in [2.24, 2.45) is 0 Å². The fraction of sp³-hybridized carbons (Fsp3) is 0.276. The second-order valence-corrected chi connectivity index (χ2v) is 9.43. The molecule has 1 aliphatic rings. The lowest BCUT2D eigenvalue weighted by Crippen LogP contribution is -2.10. The molecule has 168 valence electrons. The molecule has 1 fully saturated rings. The normalized spacial score (nSPS) is 14.5. The predicted molar refractivity (Wildman–Crippen MR) is 138 cm³/mol. The van der Waals surface area contributed by atoms with Gasteiger partial charge in [-0.05, 0) is 54.0 Å². The van der Waals surface area contributed by atoms with Gasteiger partial charge in [0, 0.05) is 22.7 Å². The smallest absolute Gasteiger partial charge is 0.197 e. The third-order valence-electron chi connectivity index (χ3n) is 6.95. The summed E-state index contributed by atoms with van der Waals surface area (Å²) >= 11 is 6.28. The number of methoxy groups -OCH3 is 1. The van der Waals surface area contributed by atoms with Crippen molar-refractivity contribution in [1.29, 1.82) is 0 Å². The van der Waals surface area contributed by atoms with E-state index in [1.807, 2.05) is 19.1 Å². The highest BCUT2D eigenvalue weighted by atomic mass is 35.5. The molecule has 1 aromatic heterocycles. The molecule has 0 spiro atoms. The number of aromatic nitrogens is 1. The van der Waals surface area contributed by atoms with E-state index in [2.05, 4.69) is 41.4 Å². The summed E-state index contributed by atoms with van der Waals surface area (Å²) in [4.78, 5) is 16.7. The van der Waals surface area contributed by atoms with Crippen LogP contribution in [0.2, 0.25) is 5.02 Å². The zero-order valence-electron chi connectivity index (χ0n) is 19.1. The number of hydrogen-bond acceptors (Lipinski definition) is 2. The van der Waals surface area contributed by atoms with E-state index in [0.29, 0.717) is 27.6 Å². The van der Waals surface area contributed by atoms with Crippen molar-refractivity contribution in [1.82, 2.24) is 4.98 Å². The Morgan fingerprint density at radius 2 is 1.48 bits per heavy atom. The first-order valence-corrected chi connectivity index (χ1v) is 12.0. The minimum absolute atomic E-state index is 0.0320. The minimum Gasteiger partial charge on any atom is -0.495 e. The van der Waals surface area contributed by atoms with E-state index in [-0.39, 0.29) is 5.43 Å². The average Bonchev–Trinajstić information content (AvgIpc) is 2.85. The number of fused-ring (bicyclic) bond motifs is 1. The topological polar surface area (TPSA) is 42.1 Å². The fourth-order valence-corrected chi connectivity index (χ4v) is 5.37. The minimum atomic E-state index is -0.0320. The number of halogens is 1. The second kappa shape index (κ2) is 9.07. The zero-order chi connectivity index (χ0) is 22.9. The van der Waals surface area contributed by atoms with Gasteiger partial charge in [0.25, 0.3) is 0 Å². The SMILES string of the molecule is COc1cc2[nH]c(C)c(-c3ccc(-c4ccc(C5CCCCC5)cc4)cc3)c(=O)c2cc1Cl. The van der Waals surface area contributed by atoms with Crippen LogP contribution in [0.1, 0.15) is 49.3 Å². The van der Waals surface area contributed by atoms with Crippen molar-refractivity contribution >= 4 is 22.5 Å². The van der Waals surface area contributed by atoms with Crippen LogP contribution < -0.4 is 10.2 Å². The van der Waals surface area contributed by atoms with Crippen LogP contribution in [0.15, 0.2) is 65.5 Å². The highest BCUT2D eigenvalue weighted by Gasteiger charge is 2.16. The summed E-state index contributed by atoms with van der Waals surface area (Å²) in [7, 11) is 1.57. The van der Waals surface area contributed by atoms with Crippen LogP contribution in [0, 0.1) is 6.92 Å². The molecular weight excluding hydrogens is 430 g/mol. The van der Waals surface area contributed by atoms with E-state index in [4.69, 9.17) is 16.3 Å². The van der Waals surface area contributed by atoms with Gasteiger partial charge in [0.05, 0.1) is 17.6 Å². The molecule has 1 aliphatic carbocycles. The molecule has 5 rings (SSSR count). The molecule has 0 bridgehead atoms. The molecule has 4 aromatic rings. The van der Waals surface area contributed by atoms with Gasteiger partial charge in [-0.25, -0.2) is 0 Å². The number of pyridine rings is 1. The fourth-order valence-electron chi connectivity index (χ4n) is 5.13. The van der Waals surface area contributed by atoms with Crippen molar-refractivity contribution in [3.05, 3.63) is 87.2 Å². The maximum Gasteiger partial charge on any atom is 0.197 e. The van der Waals surface area contributed by atoms with Gasteiger partial charge in [-0.2, -0.15) is 0 Å². The lowest BCUT2D eigenvalue weighted by atomic mass is 9.83. The Balaban J connectivity index is 1.46. The highest BCUT2D eigenvalue weighted by molar-refractivity contribution is 6.32. The number of aromatic amines is 1. The molecule has 0 aliphatic heterocycles. The molecule has 4 heteroatoms. The second-order valence-electron chi connectivity index (χ2n) is 9.02. The van der Waals surface area contributed by atoms with Crippen LogP contribution in [-0.4, -0.2) is 12.1 Å². The van der Waals surface area contributed by atoms with Crippen LogP contribution in [0.25, 0.3) is 33.2 Å². The summed E-state index contributed by atoms with van der Waals surface area (Å²) in [6, 6.07) is 20.7. The first-order chi connectivity index (χ1) is 16.0. The summed E-state index contributed by atoms with van der Waals surface area (Å²) in [5, 5.41) is 0.987. The van der Waals surface area contributed by atoms with Crippen molar-refractivity contribution in [2.45, 2.75) is 44.9 Å². The molecule has 3 nitrogen and oxygen atoms in total.